The first-order valence-electron chi connectivity index (χ1n) is 4.87. The number of hydrogen-bond acceptors (Lipinski definition) is 3. The van der Waals surface area contributed by atoms with Crippen LogP contribution in [-0.2, 0) is 5.75 Å². The van der Waals surface area contributed by atoms with Crippen molar-refractivity contribution in [3.63, 3.8) is 0 Å². The van der Waals surface area contributed by atoms with Gasteiger partial charge in [0, 0.05) is 23.7 Å². The van der Waals surface area contributed by atoms with E-state index < -0.39 is 0 Å². The third kappa shape index (κ3) is 2.10. The van der Waals surface area contributed by atoms with Crippen molar-refractivity contribution in [3.05, 3.63) is 41.7 Å². The largest absolute Gasteiger partial charge is 0.345 e. The Bertz CT molecular complexity index is 512. The van der Waals surface area contributed by atoms with Gasteiger partial charge in [-0.15, -0.1) is 0 Å². The maximum Gasteiger partial charge on any atom is 0.137 e. The lowest BCUT2D eigenvalue weighted by molar-refractivity contribution is 1.27. The van der Waals surface area contributed by atoms with Crippen LogP contribution in [0.5, 0.6) is 0 Å². The highest BCUT2D eigenvalue weighted by Crippen LogP contribution is 2.24. The molecule has 1 aromatic carbocycles. The minimum atomic E-state index is 0.694. The van der Waals surface area contributed by atoms with Crippen LogP contribution in [-0.4, -0.2) is 16.2 Å². The van der Waals surface area contributed by atoms with E-state index in [1.165, 1.54) is 0 Å². The summed E-state index contributed by atoms with van der Waals surface area (Å²) in [5.74, 6) is 1.74. The summed E-state index contributed by atoms with van der Waals surface area (Å²) in [4.78, 5) is 7.32. The van der Waals surface area contributed by atoms with Crippen LogP contribution < -0.4 is 0 Å². The molecular weight excluding hydrogens is 218 g/mol. The Morgan fingerprint density at radius 1 is 1.50 bits per heavy atom. The summed E-state index contributed by atoms with van der Waals surface area (Å²) >= 11 is 1.73. The number of nitrogens with zero attached hydrogens (tertiary/aromatic N) is 2. The number of thioether (sulfide) groups is 1. The van der Waals surface area contributed by atoms with Crippen molar-refractivity contribution < 1.29 is 0 Å². The summed E-state index contributed by atoms with van der Waals surface area (Å²) in [5.41, 5.74) is 2.90. The predicted octanol–water partition coefficient (Wildman–Crippen LogP) is 2.81. The zero-order chi connectivity index (χ0) is 11.4. The molecular formula is C12H11N3S. The van der Waals surface area contributed by atoms with Gasteiger partial charge in [0.25, 0.3) is 0 Å². The number of aromatic amines is 1. The number of rotatable bonds is 3. The number of aromatic nitrogens is 2. The highest BCUT2D eigenvalue weighted by atomic mass is 32.2. The third-order valence-corrected chi connectivity index (χ3v) is 2.89. The molecule has 0 atom stereocenters. The van der Waals surface area contributed by atoms with Crippen LogP contribution in [0.2, 0.25) is 0 Å². The number of hydrogen-bond donors (Lipinski definition) is 1. The van der Waals surface area contributed by atoms with Crippen molar-refractivity contribution in [1.82, 2.24) is 9.97 Å². The third-order valence-electron chi connectivity index (χ3n) is 2.29. The van der Waals surface area contributed by atoms with Gasteiger partial charge in [-0.1, -0.05) is 0 Å². The molecule has 3 nitrogen and oxygen atoms in total. The van der Waals surface area contributed by atoms with Crippen molar-refractivity contribution in [2.24, 2.45) is 0 Å². The highest BCUT2D eigenvalue weighted by molar-refractivity contribution is 7.97. The standard InChI is InChI=1S/C12H11N3S/c1-16-8-10-6-9(7-13)2-3-11(10)12-14-4-5-15-12/h2-6H,8H2,1H3,(H,14,15). The van der Waals surface area contributed by atoms with Crippen molar-refractivity contribution in [3.8, 4) is 17.5 Å². The van der Waals surface area contributed by atoms with Gasteiger partial charge in [-0.3, -0.25) is 0 Å². The average molecular weight is 229 g/mol. The lowest BCUT2D eigenvalue weighted by Gasteiger charge is -2.06. The molecule has 2 rings (SSSR count). The Labute approximate surface area is 98.5 Å². The molecule has 0 radical (unpaired) electrons. The number of nitriles is 1. The van der Waals surface area contributed by atoms with E-state index in [-0.39, 0.29) is 0 Å². The monoisotopic (exact) mass is 229 g/mol. The topological polar surface area (TPSA) is 52.5 Å². The van der Waals surface area contributed by atoms with E-state index >= 15 is 0 Å². The lowest BCUT2D eigenvalue weighted by Crippen LogP contribution is -1.90. The van der Waals surface area contributed by atoms with Crippen LogP contribution in [0.1, 0.15) is 11.1 Å². The minimum Gasteiger partial charge on any atom is -0.345 e. The summed E-state index contributed by atoms with van der Waals surface area (Å²) < 4.78 is 0. The molecule has 0 aliphatic rings. The number of nitrogens with one attached hydrogen (secondary N) is 1. The van der Waals surface area contributed by atoms with Crippen molar-refractivity contribution in [2.75, 3.05) is 6.26 Å². The summed E-state index contributed by atoms with van der Waals surface area (Å²) in [6, 6.07) is 7.85. The first-order valence-corrected chi connectivity index (χ1v) is 6.26. The normalized spacial score (nSPS) is 10.0. The van der Waals surface area contributed by atoms with E-state index in [0.717, 1.165) is 22.7 Å². The maximum absolute atomic E-state index is 8.87. The van der Waals surface area contributed by atoms with Crippen molar-refractivity contribution >= 4 is 11.8 Å². The van der Waals surface area contributed by atoms with Gasteiger partial charge in [0.2, 0.25) is 0 Å². The fourth-order valence-electron chi connectivity index (χ4n) is 1.58. The molecule has 0 bridgehead atoms. The Morgan fingerprint density at radius 3 is 3.00 bits per heavy atom. The second-order valence-electron chi connectivity index (χ2n) is 3.35. The van der Waals surface area contributed by atoms with Gasteiger partial charge in [0.1, 0.15) is 5.82 Å². The van der Waals surface area contributed by atoms with Crippen LogP contribution in [0.15, 0.2) is 30.6 Å². The Balaban J connectivity index is 2.49. The highest BCUT2D eigenvalue weighted by Gasteiger charge is 2.07. The van der Waals surface area contributed by atoms with Gasteiger partial charge in [0.05, 0.1) is 11.6 Å². The molecule has 16 heavy (non-hydrogen) atoms. The fraction of sp³-hybridized carbons (Fsp3) is 0.167. The van der Waals surface area contributed by atoms with Crippen molar-refractivity contribution in [2.45, 2.75) is 5.75 Å². The lowest BCUT2D eigenvalue weighted by atomic mass is 10.1. The molecule has 1 heterocycles. The van der Waals surface area contributed by atoms with E-state index in [1.807, 2.05) is 24.5 Å². The van der Waals surface area contributed by atoms with Gasteiger partial charge >= 0.3 is 0 Å². The number of benzene rings is 1. The average Bonchev–Trinajstić information content (AvgIpc) is 2.83. The molecule has 80 valence electrons. The molecule has 1 aromatic heterocycles. The van der Waals surface area contributed by atoms with Crippen molar-refractivity contribution in [1.29, 1.82) is 5.26 Å². The Kier molecular flexibility index (Phi) is 3.28. The van der Waals surface area contributed by atoms with E-state index in [1.54, 1.807) is 24.2 Å². The zero-order valence-corrected chi connectivity index (χ0v) is 9.71. The molecule has 1 N–H and O–H groups in total. The van der Waals surface area contributed by atoms with E-state index in [4.69, 9.17) is 5.26 Å². The van der Waals surface area contributed by atoms with Gasteiger partial charge in [0.15, 0.2) is 0 Å². The molecule has 0 unspecified atom stereocenters. The molecule has 0 aliphatic carbocycles. The molecule has 0 saturated heterocycles. The quantitative estimate of drug-likeness (QED) is 0.880. The summed E-state index contributed by atoms with van der Waals surface area (Å²) in [6.45, 7) is 0. The van der Waals surface area contributed by atoms with Crippen LogP contribution in [0, 0.1) is 11.3 Å². The van der Waals surface area contributed by atoms with Gasteiger partial charge in [-0.2, -0.15) is 17.0 Å². The molecule has 2 aromatic rings. The van der Waals surface area contributed by atoms with Crippen LogP contribution in [0.25, 0.3) is 11.4 Å². The molecule has 0 fully saturated rings. The van der Waals surface area contributed by atoms with Gasteiger partial charge in [-0.25, -0.2) is 4.98 Å². The minimum absolute atomic E-state index is 0.694. The Hall–Kier alpha value is -1.73. The molecule has 0 aliphatic heterocycles. The number of imidazole rings is 1. The van der Waals surface area contributed by atoms with Gasteiger partial charge < -0.3 is 4.98 Å². The second kappa shape index (κ2) is 4.86. The van der Waals surface area contributed by atoms with Gasteiger partial charge in [-0.05, 0) is 30.0 Å². The van der Waals surface area contributed by atoms with Crippen LogP contribution >= 0.6 is 11.8 Å². The summed E-state index contributed by atoms with van der Waals surface area (Å²) in [6.07, 6.45) is 5.58. The molecule has 0 amide bonds. The maximum atomic E-state index is 8.87. The fourth-order valence-corrected chi connectivity index (χ4v) is 2.13. The molecule has 0 spiro atoms. The zero-order valence-electron chi connectivity index (χ0n) is 8.90. The van der Waals surface area contributed by atoms with Crippen LogP contribution in [0.4, 0.5) is 0 Å². The summed E-state index contributed by atoms with van der Waals surface area (Å²) in [7, 11) is 0. The van der Waals surface area contributed by atoms with E-state index in [9.17, 15) is 0 Å². The first kappa shape index (κ1) is 10.8. The first-order chi connectivity index (χ1) is 7.85. The molecule has 0 saturated carbocycles. The smallest absolute Gasteiger partial charge is 0.137 e. The van der Waals surface area contributed by atoms with E-state index in [0.29, 0.717) is 5.56 Å². The van der Waals surface area contributed by atoms with Crippen LogP contribution in [0.3, 0.4) is 0 Å². The summed E-state index contributed by atoms with van der Waals surface area (Å²) in [5, 5.41) is 8.87. The SMILES string of the molecule is CSCc1cc(C#N)ccc1-c1ncc[nH]1. The predicted molar refractivity (Wildman–Crippen MR) is 66.0 cm³/mol. The number of H-pyrrole nitrogens is 1. The second-order valence-corrected chi connectivity index (χ2v) is 4.22. The Morgan fingerprint density at radius 2 is 2.38 bits per heavy atom. The van der Waals surface area contributed by atoms with E-state index in [2.05, 4.69) is 16.0 Å². The molecule has 4 heteroatoms.